The van der Waals surface area contributed by atoms with E-state index in [2.05, 4.69) is 14.9 Å². The van der Waals surface area contributed by atoms with Crippen LogP contribution >= 0.6 is 22.9 Å². The van der Waals surface area contributed by atoms with Crippen LogP contribution in [0.25, 0.3) is 4.96 Å². The Morgan fingerprint density at radius 2 is 1.92 bits per heavy atom. The number of piperazine rings is 1. The summed E-state index contributed by atoms with van der Waals surface area (Å²) in [6.07, 6.45) is 3.39. The third-order valence-electron chi connectivity index (χ3n) is 4.01. The fraction of sp³-hybridized carbons (Fsp3) is 0.286. The van der Waals surface area contributed by atoms with Gasteiger partial charge in [-0.1, -0.05) is 22.9 Å². The SMILES string of the molecule is O=[N+]([O-])c1c(N2CCN(c3ncccc3Cl)CC2)nc2sccn12. The maximum Gasteiger partial charge on any atom is 0.373 e. The highest BCUT2D eigenvalue weighted by atomic mass is 35.5. The highest BCUT2D eigenvalue weighted by Gasteiger charge is 2.30. The van der Waals surface area contributed by atoms with Crippen LogP contribution in [0.15, 0.2) is 29.9 Å². The monoisotopic (exact) mass is 364 g/mol. The van der Waals surface area contributed by atoms with E-state index in [0.717, 1.165) is 5.82 Å². The lowest BCUT2D eigenvalue weighted by atomic mass is 10.3. The highest BCUT2D eigenvalue weighted by molar-refractivity contribution is 7.15. The van der Waals surface area contributed by atoms with E-state index in [4.69, 9.17) is 11.6 Å². The third-order valence-corrected chi connectivity index (χ3v) is 5.06. The van der Waals surface area contributed by atoms with Crippen molar-refractivity contribution < 1.29 is 4.92 Å². The summed E-state index contributed by atoms with van der Waals surface area (Å²) in [5.74, 6) is 1.20. The van der Waals surface area contributed by atoms with Gasteiger partial charge in [0.1, 0.15) is 12.0 Å². The highest BCUT2D eigenvalue weighted by Crippen LogP contribution is 2.32. The van der Waals surface area contributed by atoms with E-state index in [-0.39, 0.29) is 10.7 Å². The zero-order chi connectivity index (χ0) is 16.7. The maximum atomic E-state index is 11.5. The van der Waals surface area contributed by atoms with Crippen LogP contribution in [0.2, 0.25) is 5.02 Å². The Hall–Kier alpha value is -2.39. The molecule has 1 aliphatic heterocycles. The van der Waals surface area contributed by atoms with Gasteiger partial charge in [0.2, 0.25) is 5.82 Å². The van der Waals surface area contributed by atoms with E-state index < -0.39 is 0 Å². The Balaban J connectivity index is 1.58. The minimum absolute atomic E-state index is 0.0237. The fourth-order valence-electron chi connectivity index (χ4n) is 2.88. The summed E-state index contributed by atoms with van der Waals surface area (Å²) in [4.78, 5) is 24.5. The predicted molar refractivity (Wildman–Crippen MR) is 93.4 cm³/mol. The largest absolute Gasteiger partial charge is 0.373 e. The molecule has 0 saturated carbocycles. The van der Waals surface area contributed by atoms with Gasteiger partial charge >= 0.3 is 5.82 Å². The van der Waals surface area contributed by atoms with Gasteiger partial charge in [0.25, 0.3) is 4.96 Å². The molecule has 3 aromatic heterocycles. The molecule has 8 nitrogen and oxygen atoms in total. The molecule has 4 rings (SSSR count). The second-order valence-electron chi connectivity index (χ2n) is 5.35. The van der Waals surface area contributed by atoms with E-state index >= 15 is 0 Å². The molecule has 0 aliphatic carbocycles. The number of anilines is 2. The average molecular weight is 365 g/mol. The molecule has 24 heavy (non-hydrogen) atoms. The first-order valence-corrected chi connectivity index (χ1v) is 8.61. The Bertz CT molecular complexity index is 902. The van der Waals surface area contributed by atoms with E-state index in [1.165, 1.54) is 15.7 Å². The summed E-state index contributed by atoms with van der Waals surface area (Å²) in [5, 5.41) is 13.9. The van der Waals surface area contributed by atoms with Gasteiger partial charge in [-0.05, 0) is 17.1 Å². The van der Waals surface area contributed by atoms with Crippen molar-refractivity contribution in [2.75, 3.05) is 36.0 Å². The Labute approximate surface area is 146 Å². The van der Waals surface area contributed by atoms with Crippen LogP contribution in [0.4, 0.5) is 17.5 Å². The van der Waals surface area contributed by atoms with Gasteiger partial charge in [0, 0.05) is 37.8 Å². The molecule has 0 bridgehead atoms. The van der Waals surface area contributed by atoms with E-state index in [0.29, 0.717) is 42.0 Å². The Kier molecular flexibility index (Phi) is 3.73. The van der Waals surface area contributed by atoms with Crippen LogP contribution in [0, 0.1) is 10.1 Å². The second-order valence-corrected chi connectivity index (χ2v) is 6.63. The topological polar surface area (TPSA) is 79.8 Å². The first-order chi connectivity index (χ1) is 11.6. The predicted octanol–water partition coefficient (Wildman–Crippen LogP) is 2.68. The quantitative estimate of drug-likeness (QED) is 0.525. The third kappa shape index (κ3) is 2.45. The smallest absolute Gasteiger partial charge is 0.358 e. The minimum Gasteiger partial charge on any atom is -0.358 e. The molecule has 0 radical (unpaired) electrons. The Morgan fingerprint density at radius 1 is 1.21 bits per heavy atom. The molecular formula is C14H13ClN6O2S. The lowest BCUT2D eigenvalue weighted by Gasteiger charge is -2.35. The van der Waals surface area contributed by atoms with Crippen molar-refractivity contribution in [3.8, 4) is 0 Å². The van der Waals surface area contributed by atoms with Crippen LogP contribution in [0.3, 0.4) is 0 Å². The van der Waals surface area contributed by atoms with Crippen molar-refractivity contribution in [2.45, 2.75) is 0 Å². The molecule has 124 valence electrons. The number of fused-ring (bicyclic) bond motifs is 1. The summed E-state index contributed by atoms with van der Waals surface area (Å²) in [5.41, 5.74) is 0. The first kappa shape index (κ1) is 15.2. The number of hydrogen-bond acceptors (Lipinski definition) is 7. The van der Waals surface area contributed by atoms with Gasteiger partial charge < -0.3 is 19.9 Å². The van der Waals surface area contributed by atoms with Crippen molar-refractivity contribution in [3.05, 3.63) is 45.0 Å². The van der Waals surface area contributed by atoms with Gasteiger partial charge in [-0.25, -0.2) is 4.98 Å². The van der Waals surface area contributed by atoms with Crippen LogP contribution in [0.1, 0.15) is 0 Å². The number of halogens is 1. The summed E-state index contributed by atoms with van der Waals surface area (Å²) in [6, 6.07) is 3.61. The zero-order valence-corrected chi connectivity index (χ0v) is 14.1. The van der Waals surface area contributed by atoms with Gasteiger partial charge in [0.05, 0.1) is 5.02 Å². The minimum atomic E-state index is -0.371. The standard InChI is InChI=1S/C14H13ClN6O2S/c15-10-2-1-3-16-11(10)18-4-6-19(7-5-18)12-13(21(22)23)20-8-9-24-14(20)17-12/h1-3,8-9H,4-7H2. The van der Waals surface area contributed by atoms with E-state index in [9.17, 15) is 10.1 Å². The molecule has 0 amide bonds. The molecule has 1 saturated heterocycles. The van der Waals surface area contributed by atoms with Crippen LogP contribution in [-0.4, -0.2) is 45.5 Å². The number of nitrogens with zero attached hydrogens (tertiary/aromatic N) is 6. The lowest BCUT2D eigenvalue weighted by Crippen LogP contribution is -2.47. The van der Waals surface area contributed by atoms with Crippen molar-refractivity contribution in [2.24, 2.45) is 0 Å². The molecule has 0 atom stereocenters. The fourth-order valence-corrected chi connectivity index (χ4v) is 3.83. The summed E-state index contributed by atoms with van der Waals surface area (Å²) in [6.45, 7) is 2.61. The lowest BCUT2D eigenvalue weighted by molar-refractivity contribution is -0.389. The normalized spacial score (nSPS) is 15.2. The molecule has 0 aromatic carbocycles. The summed E-state index contributed by atoms with van der Waals surface area (Å²) >= 11 is 7.58. The molecule has 1 aliphatic rings. The maximum absolute atomic E-state index is 11.5. The van der Waals surface area contributed by atoms with Crippen molar-refractivity contribution in [1.29, 1.82) is 0 Å². The summed E-state index contributed by atoms with van der Waals surface area (Å²) in [7, 11) is 0. The molecule has 0 spiro atoms. The molecule has 0 unspecified atom stereocenters. The number of thiazole rings is 1. The number of rotatable bonds is 3. The average Bonchev–Trinajstić information content (AvgIpc) is 3.16. The van der Waals surface area contributed by atoms with E-state index in [1.54, 1.807) is 23.8 Å². The number of pyridine rings is 1. The van der Waals surface area contributed by atoms with Crippen molar-refractivity contribution >= 4 is 45.4 Å². The number of hydrogen-bond donors (Lipinski definition) is 0. The molecule has 1 fully saturated rings. The first-order valence-electron chi connectivity index (χ1n) is 7.35. The van der Waals surface area contributed by atoms with Gasteiger partial charge in [0.15, 0.2) is 0 Å². The number of imidazole rings is 1. The van der Waals surface area contributed by atoms with Gasteiger partial charge in [-0.2, -0.15) is 9.38 Å². The van der Waals surface area contributed by atoms with Crippen LogP contribution < -0.4 is 9.80 Å². The van der Waals surface area contributed by atoms with Gasteiger partial charge in [-0.15, -0.1) is 0 Å². The molecule has 0 N–H and O–H groups in total. The molecule has 3 aromatic rings. The van der Waals surface area contributed by atoms with Gasteiger partial charge in [-0.3, -0.25) is 0 Å². The molecular weight excluding hydrogens is 352 g/mol. The molecule has 4 heterocycles. The van der Waals surface area contributed by atoms with Crippen LogP contribution in [-0.2, 0) is 0 Å². The van der Waals surface area contributed by atoms with Crippen LogP contribution in [0.5, 0.6) is 0 Å². The summed E-state index contributed by atoms with van der Waals surface area (Å²) < 4.78 is 1.53. The number of nitro groups is 1. The number of aromatic nitrogens is 3. The zero-order valence-electron chi connectivity index (χ0n) is 12.5. The second kappa shape index (κ2) is 5.91. The Morgan fingerprint density at radius 3 is 2.58 bits per heavy atom. The van der Waals surface area contributed by atoms with E-state index in [1.807, 2.05) is 11.0 Å². The molecule has 10 heteroatoms. The van der Waals surface area contributed by atoms with Crippen molar-refractivity contribution in [1.82, 2.24) is 14.4 Å². The van der Waals surface area contributed by atoms with Crippen molar-refractivity contribution in [3.63, 3.8) is 0 Å².